The Balaban J connectivity index is 1.46. The van der Waals surface area contributed by atoms with Crippen molar-refractivity contribution in [2.75, 3.05) is 13.1 Å². The van der Waals surface area contributed by atoms with E-state index in [1.54, 1.807) is 23.1 Å². The normalized spacial score (nSPS) is 15.5. The number of fused-ring (bicyclic) bond motifs is 2. The molecular formula is C32H34F3N5O2. The maximum atomic E-state index is 13.6. The lowest BCUT2D eigenvalue weighted by molar-refractivity contribution is -0.137. The molecule has 0 bridgehead atoms. The smallest absolute Gasteiger partial charge is 0.366 e. The number of H-pyrrole nitrogens is 1. The molecular weight excluding hydrogens is 543 g/mol. The number of imidazole rings is 1. The number of carbonyl (C=O) groups excluding carboxylic acids is 2. The van der Waals surface area contributed by atoms with Crippen LogP contribution in [0.4, 0.5) is 18.0 Å². The molecule has 0 aliphatic carbocycles. The van der Waals surface area contributed by atoms with Crippen molar-refractivity contribution >= 4 is 23.0 Å². The van der Waals surface area contributed by atoms with E-state index in [1.165, 1.54) is 6.07 Å². The maximum absolute atomic E-state index is 13.6. The third kappa shape index (κ3) is 5.70. The Hall–Kier alpha value is -4.34. The molecule has 3 amide bonds. The van der Waals surface area contributed by atoms with Gasteiger partial charge in [0, 0.05) is 25.1 Å². The number of amides is 3. The summed E-state index contributed by atoms with van der Waals surface area (Å²) >= 11 is 0. The third-order valence-corrected chi connectivity index (χ3v) is 7.72. The highest BCUT2D eigenvalue weighted by molar-refractivity contribution is 5.96. The lowest BCUT2D eigenvalue weighted by Gasteiger charge is -2.45. The molecule has 0 fully saturated rings. The Morgan fingerprint density at radius 2 is 1.86 bits per heavy atom. The zero-order valence-corrected chi connectivity index (χ0v) is 24.0. The lowest BCUT2D eigenvalue weighted by Crippen LogP contribution is -2.50. The minimum absolute atomic E-state index is 0.260. The molecule has 1 aliphatic heterocycles. The van der Waals surface area contributed by atoms with Crippen LogP contribution in [0.3, 0.4) is 0 Å². The van der Waals surface area contributed by atoms with Crippen molar-refractivity contribution in [3.63, 3.8) is 0 Å². The number of benzene rings is 3. The SMILES string of the molecule is Cc1ccc2[nH]c(CCNC(=O)N3CCc4c(-c5cccc(C(F)(F)F)c5)ccc(C(N)=O)c4C3C(C)(C)C)nc2c1. The predicted octanol–water partition coefficient (Wildman–Crippen LogP) is 6.55. The van der Waals surface area contributed by atoms with Gasteiger partial charge in [-0.15, -0.1) is 0 Å². The topological polar surface area (TPSA) is 104 Å². The number of alkyl halides is 3. The summed E-state index contributed by atoms with van der Waals surface area (Å²) in [6, 6.07) is 13.5. The molecule has 1 aliphatic rings. The molecule has 4 N–H and O–H groups in total. The minimum Gasteiger partial charge on any atom is -0.366 e. The Bertz CT molecular complexity index is 1670. The summed E-state index contributed by atoms with van der Waals surface area (Å²) in [6.45, 7) is 8.55. The Morgan fingerprint density at radius 3 is 2.55 bits per heavy atom. The number of urea groups is 1. The summed E-state index contributed by atoms with van der Waals surface area (Å²) in [5, 5.41) is 2.99. The van der Waals surface area contributed by atoms with Crippen molar-refractivity contribution in [2.24, 2.45) is 11.1 Å². The highest BCUT2D eigenvalue weighted by Gasteiger charge is 2.41. The number of nitrogens with zero attached hydrogens (tertiary/aromatic N) is 2. The van der Waals surface area contributed by atoms with E-state index in [4.69, 9.17) is 5.73 Å². The number of aryl methyl sites for hydroxylation is 1. The summed E-state index contributed by atoms with van der Waals surface area (Å²) < 4.78 is 40.5. The molecule has 0 saturated heterocycles. The molecule has 0 spiro atoms. The van der Waals surface area contributed by atoms with Gasteiger partial charge in [-0.25, -0.2) is 9.78 Å². The highest BCUT2D eigenvalue weighted by Crippen LogP contribution is 2.46. The zero-order valence-electron chi connectivity index (χ0n) is 24.0. The molecule has 220 valence electrons. The first kappa shape index (κ1) is 29.2. The van der Waals surface area contributed by atoms with Gasteiger partial charge in [-0.1, -0.05) is 45.0 Å². The molecule has 1 unspecified atom stereocenters. The van der Waals surface area contributed by atoms with E-state index in [0.29, 0.717) is 42.6 Å². The lowest BCUT2D eigenvalue weighted by atomic mass is 9.73. The number of halogens is 3. The first-order valence-corrected chi connectivity index (χ1v) is 13.9. The van der Waals surface area contributed by atoms with Crippen molar-refractivity contribution in [3.8, 4) is 11.1 Å². The predicted molar refractivity (Wildman–Crippen MR) is 156 cm³/mol. The van der Waals surface area contributed by atoms with Crippen molar-refractivity contribution in [3.05, 3.63) is 88.2 Å². The van der Waals surface area contributed by atoms with Crippen LogP contribution in [-0.2, 0) is 19.0 Å². The number of aromatic amines is 1. The standard InChI is InChI=1S/C32H34F3N5O2/c1-18-8-11-24-25(16-18)39-26(38-24)12-14-37-30(42)40-15-13-22-21(19-6-5-7-20(17-19)32(33,34)35)9-10-23(29(36)41)27(22)28(40)31(2,3)4/h5-11,16-17,28H,12-15H2,1-4H3,(H2,36,41)(H,37,42)(H,38,39). The van der Waals surface area contributed by atoms with Crippen molar-refractivity contribution < 1.29 is 22.8 Å². The third-order valence-electron chi connectivity index (χ3n) is 7.72. The second kappa shape index (κ2) is 10.8. The summed E-state index contributed by atoms with van der Waals surface area (Å²) in [7, 11) is 0. The van der Waals surface area contributed by atoms with Crippen molar-refractivity contribution in [1.29, 1.82) is 0 Å². The molecule has 0 radical (unpaired) electrons. The van der Waals surface area contributed by atoms with Crippen LogP contribution >= 0.6 is 0 Å². The molecule has 10 heteroatoms. The maximum Gasteiger partial charge on any atom is 0.416 e. The number of rotatable bonds is 5. The van der Waals surface area contributed by atoms with Gasteiger partial charge in [-0.2, -0.15) is 13.2 Å². The van der Waals surface area contributed by atoms with Crippen LogP contribution in [0.5, 0.6) is 0 Å². The number of hydrogen-bond acceptors (Lipinski definition) is 3. The Labute approximate surface area is 242 Å². The number of aromatic nitrogens is 2. The van der Waals surface area contributed by atoms with E-state index < -0.39 is 29.1 Å². The first-order chi connectivity index (χ1) is 19.7. The largest absolute Gasteiger partial charge is 0.416 e. The molecule has 2 heterocycles. The molecule has 0 saturated carbocycles. The molecule has 42 heavy (non-hydrogen) atoms. The molecule has 7 nitrogen and oxygen atoms in total. The number of primary amides is 1. The fourth-order valence-corrected chi connectivity index (χ4v) is 5.91. The van der Waals surface area contributed by atoms with E-state index in [9.17, 15) is 22.8 Å². The summed E-state index contributed by atoms with van der Waals surface area (Å²) in [5.74, 6) is 0.104. The highest BCUT2D eigenvalue weighted by atomic mass is 19.4. The second-order valence-electron chi connectivity index (χ2n) is 11.9. The van der Waals surface area contributed by atoms with E-state index in [1.807, 2.05) is 45.9 Å². The van der Waals surface area contributed by atoms with Gasteiger partial charge in [-0.3, -0.25) is 4.79 Å². The fraction of sp³-hybridized carbons (Fsp3) is 0.344. The Kier molecular flexibility index (Phi) is 7.51. The van der Waals surface area contributed by atoms with Crippen LogP contribution in [0.1, 0.15) is 65.2 Å². The van der Waals surface area contributed by atoms with Gasteiger partial charge in [0.1, 0.15) is 5.82 Å². The fourth-order valence-electron chi connectivity index (χ4n) is 5.91. The van der Waals surface area contributed by atoms with Gasteiger partial charge in [0.2, 0.25) is 5.91 Å². The minimum atomic E-state index is -4.49. The van der Waals surface area contributed by atoms with E-state index in [0.717, 1.165) is 40.1 Å². The molecule has 1 aromatic heterocycles. The van der Waals surface area contributed by atoms with Gasteiger partial charge < -0.3 is 20.9 Å². The second-order valence-corrected chi connectivity index (χ2v) is 11.9. The average molecular weight is 578 g/mol. The van der Waals surface area contributed by atoms with Crippen molar-refractivity contribution in [1.82, 2.24) is 20.2 Å². The van der Waals surface area contributed by atoms with Gasteiger partial charge in [-0.05, 0) is 76.9 Å². The number of carbonyl (C=O) groups is 2. The van der Waals surface area contributed by atoms with Crippen LogP contribution in [0.2, 0.25) is 0 Å². The monoisotopic (exact) mass is 577 g/mol. The molecule has 4 aromatic rings. The van der Waals surface area contributed by atoms with Crippen LogP contribution in [0, 0.1) is 12.3 Å². The van der Waals surface area contributed by atoms with E-state index in [2.05, 4.69) is 15.3 Å². The quantitative estimate of drug-likeness (QED) is 0.250. The zero-order chi connectivity index (χ0) is 30.4. The summed E-state index contributed by atoms with van der Waals surface area (Å²) in [6.07, 6.45) is -3.64. The first-order valence-electron chi connectivity index (χ1n) is 13.9. The van der Waals surface area contributed by atoms with Gasteiger partial charge in [0.15, 0.2) is 0 Å². The van der Waals surface area contributed by atoms with Gasteiger partial charge in [0.25, 0.3) is 0 Å². The van der Waals surface area contributed by atoms with E-state index in [-0.39, 0.29) is 11.6 Å². The van der Waals surface area contributed by atoms with Crippen LogP contribution < -0.4 is 11.1 Å². The molecule has 5 rings (SSSR count). The Morgan fingerprint density at radius 1 is 1.10 bits per heavy atom. The molecule has 3 aromatic carbocycles. The number of hydrogen-bond donors (Lipinski definition) is 3. The van der Waals surface area contributed by atoms with Gasteiger partial charge in [0.05, 0.1) is 22.6 Å². The van der Waals surface area contributed by atoms with Crippen LogP contribution in [0.15, 0.2) is 54.6 Å². The summed E-state index contributed by atoms with van der Waals surface area (Å²) in [4.78, 5) is 35.8. The number of nitrogens with two attached hydrogens (primary N) is 1. The summed E-state index contributed by atoms with van der Waals surface area (Å²) in [5.41, 5.74) is 9.99. The average Bonchev–Trinajstić information content (AvgIpc) is 3.32. The van der Waals surface area contributed by atoms with Crippen molar-refractivity contribution in [2.45, 2.75) is 52.8 Å². The number of nitrogens with one attached hydrogen (secondary N) is 2. The van der Waals surface area contributed by atoms with Gasteiger partial charge >= 0.3 is 12.2 Å². The van der Waals surface area contributed by atoms with Crippen LogP contribution in [0.25, 0.3) is 22.2 Å². The van der Waals surface area contributed by atoms with E-state index >= 15 is 0 Å². The molecule has 1 atom stereocenters. The van der Waals surface area contributed by atoms with Crippen LogP contribution in [-0.4, -0.2) is 39.9 Å².